The van der Waals surface area contributed by atoms with E-state index in [0.717, 1.165) is 32.4 Å². The highest BCUT2D eigenvalue weighted by molar-refractivity contribution is 5.78. The van der Waals surface area contributed by atoms with Gasteiger partial charge in [-0.1, -0.05) is 27.7 Å². The third-order valence-corrected chi connectivity index (χ3v) is 4.56. The van der Waals surface area contributed by atoms with Crippen LogP contribution in [-0.2, 0) is 4.79 Å². The highest BCUT2D eigenvalue weighted by Gasteiger charge is 2.33. The Bertz CT molecular complexity index is 289. The molecule has 1 amide bonds. The van der Waals surface area contributed by atoms with Crippen molar-refractivity contribution in [3.63, 3.8) is 0 Å². The molecule has 0 spiro atoms. The van der Waals surface area contributed by atoms with Crippen LogP contribution < -0.4 is 5.32 Å². The van der Waals surface area contributed by atoms with Crippen LogP contribution in [0.2, 0.25) is 0 Å². The van der Waals surface area contributed by atoms with Gasteiger partial charge in [0.2, 0.25) is 5.91 Å². The van der Waals surface area contributed by atoms with E-state index < -0.39 is 0 Å². The first-order valence-electron chi connectivity index (χ1n) is 8.11. The maximum atomic E-state index is 11.9. The lowest BCUT2D eigenvalue weighted by Crippen LogP contribution is -2.55. The summed E-state index contributed by atoms with van der Waals surface area (Å²) in [6.07, 6.45) is 2.50. The molecule has 20 heavy (non-hydrogen) atoms. The van der Waals surface area contributed by atoms with E-state index in [9.17, 15) is 9.90 Å². The summed E-state index contributed by atoms with van der Waals surface area (Å²) in [5, 5.41) is 13.3. The Hall–Kier alpha value is -0.610. The zero-order chi connectivity index (χ0) is 15.3. The minimum absolute atomic E-state index is 0.0172. The van der Waals surface area contributed by atoms with E-state index >= 15 is 0 Å². The summed E-state index contributed by atoms with van der Waals surface area (Å²) < 4.78 is 0. The third kappa shape index (κ3) is 4.74. The van der Waals surface area contributed by atoms with Crippen molar-refractivity contribution < 1.29 is 9.90 Å². The molecule has 0 aromatic carbocycles. The summed E-state index contributed by atoms with van der Waals surface area (Å²) in [4.78, 5) is 14.3. The van der Waals surface area contributed by atoms with Crippen molar-refractivity contribution >= 4 is 5.91 Å². The molecule has 0 aromatic rings. The van der Waals surface area contributed by atoms with Gasteiger partial charge in [0.1, 0.15) is 0 Å². The van der Waals surface area contributed by atoms with Gasteiger partial charge in [0.15, 0.2) is 0 Å². The summed E-state index contributed by atoms with van der Waals surface area (Å²) >= 11 is 0. The van der Waals surface area contributed by atoms with Crippen molar-refractivity contribution in [1.29, 1.82) is 0 Å². The van der Waals surface area contributed by atoms with Crippen LogP contribution in [0.25, 0.3) is 0 Å². The molecule has 4 heteroatoms. The van der Waals surface area contributed by atoms with Gasteiger partial charge in [-0.3, -0.25) is 9.69 Å². The first-order chi connectivity index (χ1) is 9.38. The summed E-state index contributed by atoms with van der Waals surface area (Å²) in [6.45, 7) is 12.1. The van der Waals surface area contributed by atoms with Crippen molar-refractivity contribution in [2.24, 2.45) is 11.8 Å². The number of carbonyl (C=O) groups excluding carboxylic acids is 1. The van der Waals surface area contributed by atoms with Crippen LogP contribution in [0.5, 0.6) is 0 Å². The highest BCUT2D eigenvalue weighted by Crippen LogP contribution is 2.24. The second-order valence-corrected chi connectivity index (χ2v) is 6.54. The molecule has 4 atom stereocenters. The van der Waals surface area contributed by atoms with Crippen molar-refractivity contribution in [2.75, 3.05) is 13.1 Å². The molecule has 0 aromatic heterocycles. The number of hydrogen-bond donors (Lipinski definition) is 2. The van der Waals surface area contributed by atoms with Gasteiger partial charge in [0.05, 0.1) is 6.10 Å². The van der Waals surface area contributed by atoms with Crippen molar-refractivity contribution in [2.45, 2.75) is 72.1 Å². The largest absolute Gasteiger partial charge is 0.393 e. The quantitative estimate of drug-likeness (QED) is 0.784. The number of amides is 1. The average molecular weight is 284 g/mol. The van der Waals surface area contributed by atoms with Crippen LogP contribution in [0.3, 0.4) is 0 Å². The molecular formula is C16H32N2O2. The number of hydrogen-bond acceptors (Lipinski definition) is 3. The van der Waals surface area contributed by atoms with Crippen LogP contribution in [0.4, 0.5) is 0 Å². The van der Waals surface area contributed by atoms with Crippen LogP contribution in [0.15, 0.2) is 0 Å². The van der Waals surface area contributed by atoms with Gasteiger partial charge < -0.3 is 10.4 Å². The Morgan fingerprint density at radius 3 is 2.40 bits per heavy atom. The predicted octanol–water partition coefficient (Wildman–Crippen LogP) is 2.02. The van der Waals surface area contributed by atoms with Crippen LogP contribution in [0, 0.1) is 11.8 Å². The molecule has 0 saturated carbocycles. The maximum Gasteiger partial charge on any atom is 0.222 e. The van der Waals surface area contributed by atoms with Crippen molar-refractivity contribution in [3.05, 3.63) is 0 Å². The van der Waals surface area contributed by atoms with Gasteiger partial charge in [-0.15, -0.1) is 0 Å². The Balaban J connectivity index is 2.71. The lowest BCUT2D eigenvalue weighted by atomic mass is 9.87. The van der Waals surface area contributed by atoms with E-state index in [1.807, 2.05) is 20.8 Å². The Labute approximate surface area is 123 Å². The van der Waals surface area contributed by atoms with Crippen molar-refractivity contribution in [3.8, 4) is 0 Å². The number of carbonyl (C=O) groups is 1. The average Bonchev–Trinajstić information content (AvgIpc) is 2.44. The lowest BCUT2D eigenvalue weighted by molar-refractivity contribution is -0.125. The van der Waals surface area contributed by atoms with E-state index in [-0.39, 0.29) is 29.9 Å². The topological polar surface area (TPSA) is 52.6 Å². The second-order valence-electron chi connectivity index (χ2n) is 6.54. The fourth-order valence-electron chi connectivity index (χ4n) is 2.88. The smallest absolute Gasteiger partial charge is 0.222 e. The highest BCUT2D eigenvalue weighted by atomic mass is 16.3. The molecule has 4 unspecified atom stereocenters. The molecule has 1 aliphatic rings. The summed E-state index contributed by atoms with van der Waals surface area (Å²) in [5.74, 6) is 0.398. The Morgan fingerprint density at radius 2 is 1.90 bits per heavy atom. The van der Waals surface area contributed by atoms with Crippen LogP contribution >= 0.6 is 0 Å². The van der Waals surface area contributed by atoms with Gasteiger partial charge >= 0.3 is 0 Å². The number of nitrogens with one attached hydrogen (secondary N) is 1. The summed E-state index contributed by atoms with van der Waals surface area (Å²) in [6, 6.07) is 0.666. The SMILES string of the molecule is CCC(O)C1CC(NC(=O)C(C)C)CN(C(C)CC)C1. The molecule has 1 heterocycles. The van der Waals surface area contributed by atoms with E-state index in [0.29, 0.717) is 6.04 Å². The van der Waals surface area contributed by atoms with Crippen LogP contribution in [0.1, 0.15) is 53.9 Å². The summed E-state index contributed by atoms with van der Waals surface area (Å²) in [7, 11) is 0. The number of aliphatic hydroxyl groups excluding tert-OH is 1. The number of nitrogens with zero attached hydrogens (tertiary/aromatic N) is 1. The molecule has 118 valence electrons. The Morgan fingerprint density at radius 1 is 1.25 bits per heavy atom. The second kappa shape index (κ2) is 7.99. The zero-order valence-corrected chi connectivity index (χ0v) is 13.7. The van der Waals surface area contributed by atoms with E-state index in [1.54, 1.807) is 0 Å². The van der Waals surface area contributed by atoms with E-state index in [1.165, 1.54) is 0 Å². The van der Waals surface area contributed by atoms with Gasteiger partial charge in [0.25, 0.3) is 0 Å². The van der Waals surface area contributed by atoms with Crippen molar-refractivity contribution in [1.82, 2.24) is 10.2 Å². The number of piperidine rings is 1. The molecule has 1 rings (SSSR count). The molecule has 1 saturated heterocycles. The fraction of sp³-hybridized carbons (Fsp3) is 0.938. The molecule has 0 bridgehead atoms. The molecule has 4 nitrogen and oxygen atoms in total. The number of aliphatic hydroxyl groups is 1. The minimum atomic E-state index is -0.264. The minimum Gasteiger partial charge on any atom is -0.393 e. The molecule has 2 N–H and O–H groups in total. The number of likely N-dealkylation sites (tertiary alicyclic amines) is 1. The summed E-state index contributed by atoms with van der Waals surface area (Å²) in [5.41, 5.74) is 0. The lowest BCUT2D eigenvalue weighted by Gasteiger charge is -2.42. The molecule has 1 aliphatic heterocycles. The zero-order valence-electron chi connectivity index (χ0n) is 13.7. The van der Waals surface area contributed by atoms with E-state index in [4.69, 9.17) is 0 Å². The maximum absolute atomic E-state index is 11.9. The third-order valence-electron chi connectivity index (χ3n) is 4.56. The standard InChI is InChI=1S/C16H32N2O2/c1-6-12(5)18-9-13(15(19)7-2)8-14(10-18)17-16(20)11(3)4/h11-15,19H,6-10H2,1-5H3,(H,17,20). The molecule has 1 fully saturated rings. The van der Waals surface area contributed by atoms with Gasteiger partial charge in [0, 0.05) is 31.1 Å². The van der Waals surface area contributed by atoms with Gasteiger partial charge in [-0.2, -0.15) is 0 Å². The monoisotopic (exact) mass is 284 g/mol. The fourth-order valence-corrected chi connectivity index (χ4v) is 2.88. The molecule has 0 radical (unpaired) electrons. The molecule has 0 aliphatic carbocycles. The number of rotatable bonds is 6. The first-order valence-corrected chi connectivity index (χ1v) is 8.11. The Kier molecular flexibility index (Phi) is 6.96. The normalized spacial score (nSPS) is 27.4. The van der Waals surface area contributed by atoms with Gasteiger partial charge in [-0.05, 0) is 32.1 Å². The first kappa shape index (κ1) is 17.4. The predicted molar refractivity (Wildman–Crippen MR) is 82.5 cm³/mol. The van der Waals surface area contributed by atoms with Crippen LogP contribution in [-0.4, -0.2) is 47.2 Å². The molecular weight excluding hydrogens is 252 g/mol. The van der Waals surface area contributed by atoms with E-state index in [2.05, 4.69) is 24.1 Å². The van der Waals surface area contributed by atoms with Gasteiger partial charge in [-0.25, -0.2) is 0 Å².